The van der Waals surface area contributed by atoms with E-state index in [1.807, 2.05) is 24.3 Å². The second-order valence-corrected chi connectivity index (χ2v) is 7.10. The van der Waals surface area contributed by atoms with Crippen LogP contribution in [0.25, 0.3) is 0 Å². The van der Waals surface area contributed by atoms with Gasteiger partial charge in [-0.25, -0.2) is 0 Å². The van der Waals surface area contributed by atoms with Crippen molar-refractivity contribution in [2.24, 2.45) is 11.8 Å². The lowest BCUT2D eigenvalue weighted by molar-refractivity contribution is 0.0803. The molecule has 0 saturated heterocycles. The first-order valence-corrected chi connectivity index (χ1v) is 9.39. The third-order valence-electron chi connectivity index (χ3n) is 4.79. The van der Waals surface area contributed by atoms with E-state index < -0.39 is 6.10 Å². The predicted molar refractivity (Wildman–Crippen MR) is 98.6 cm³/mol. The van der Waals surface area contributed by atoms with Crippen LogP contribution in [0.4, 0.5) is 0 Å². The summed E-state index contributed by atoms with van der Waals surface area (Å²) >= 11 is 6.46. The molecule has 1 aliphatic carbocycles. The summed E-state index contributed by atoms with van der Waals surface area (Å²) in [4.78, 5) is 0. The van der Waals surface area contributed by atoms with Gasteiger partial charge >= 0.3 is 0 Å². The van der Waals surface area contributed by atoms with E-state index in [9.17, 15) is 5.11 Å². The van der Waals surface area contributed by atoms with Crippen molar-refractivity contribution in [2.45, 2.75) is 50.5 Å². The molecule has 0 aromatic heterocycles. The Labute approximate surface area is 150 Å². The van der Waals surface area contributed by atoms with Crippen molar-refractivity contribution in [3.8, 4) is 5.75 Å². The van der Waals surface area contributed by atoms with Crippen LogP contribution >= 0.6 is 11.6 Å². The lowest BCUT2D eigenvalue weighted by atomic mass is 9.92. The molecule has 0 amide bonds. The van der Waals surface area contributed by atoms with Gasteiger partial charge in [0, 0.05) is 17.9 Å². The standard InChI is InChI=1S/C20H29ClO3/c1-2-3-4-5-9-16-17(19(23)13-18(16)21)14-24-20-10-7-6-8-15(20)11-12-22/h4-8,10,16-19,22-23H,2-3,9,11-14H2,1H3/b5-4-/t16-,17-,18-,19-/m1/s1. The van der Waals surface area contributed by atoms with E-state index in [-0.39, 0.29) is 23.8 Å². The van der Waals surface area contributed by atoms with Gasteiger partial charge in [0.15, 0.2) is 0 Å². The second-order valence-electron chi connectivity index (χ2n) is 6.53. The van der Waals surface area contributed by atoms with Crippen LogP contribution in [0.1, 0.15) is 38.2 Å². The number of para-hydroxylation sites is 1. The maximum atomic E-state index is 10.4. The highest BCUT2D eigenvalue weighted by atomic mass is 35.5. The fourth-order valence-electron chi connectivity index (χ4n) is 3.39. The van der Waals surface area contributed by atoms with Crippen molar-refractivity contribution >= 4 is 11.6 Å². The van der Waals surface area contributed by atoms with E-state index in [4.69, 9.17) is 21.4 Å². The number of ether oxygens (including phenoxy) is 1. The Morgan fingerprint density at radius 2 is 2.04 bits per heavy atom. The van der Waals surface area contributed by atoms with E-state index in [1.165, 1.54) is 0 Å². The predicted octanol–water partition coefficient (Wildman–Crippen LogP) is 3.95. The Morgan fingerprint density at radius 3 is 2.79 bits per heavy atom. The molecular weight excluding hydrogens is 324 g/mol. The molecule has 0 bridgehead atoms. The van der Waals surface area contributed by atoms with E-state index in [0.717, 1.165) is 30.6 Å². The molecule has 1 saturated carbocycles. The lowest BCUT2D eigenvalue weighted by Crippen LogP contribution is -2.27. The van der Waals surface area contributed by atoms with Crippen LogP contribution in [0.5, 0.6) is 5.75 Å². The second kappa shape index (κ2) is 10.1. The number of rotatable bonds is 9. The van der Waals surface area contributed by atoms with Gasteiger partial charge in [0.25, 0.3) is 0 Å². The highest BCUT2D eigenvalue weighted by Crippen LogP contribution is 2.39. The van der Waals surface area contributed by atoms with Gasteiger partial charge in [0.1, 0.15) is 5.75 Å². The molecule has 4 atom stereocenters. The van der Waals surface area contributed by atoms with Crippen molar-refractivity contribution in [2.75, 3.05) is 13.2 Å². The van der Waals surface area contributed by atoms with Gasteiger partial charge in [-0.3, -0.25) is 0 Å². The van der Waals surface area contributed by atoms with Gasteiger partial charge in [0.05, 0.1) is 12.7 Å². The first kappa shape index (κ1) is 19.3. The molecule has 0 spiro atoms. The first-order valence-electron chi connectivity index (χ1n) is 8.96. The van der Waals surface area contributed by atoms with Crippen LogP contribution < -0.4 is 4.74 Å². The average Bonchev–Trinajstić information content (AvgIpc) is 2.84. The molecule has 0 unspecified atom stereocenters. The molecule has 2 N–H and O–H groups in total. The number of allylic oxidation sites excluding steroid dienone is 2. The molecule has 0 heterocycles. The van der Waals surface area contributed by atoms with Gasteiger partial charge in [-0.2, -0.15) is 0 Å². The molecule has 24 heavy (non-hydrogen) atoms. The minimum absolute atomic E-state index is 0.00689. The minimum Gasteiger partial charge on any atom is -0.493 e. The molecule has 2 rings (SSSR count). The largest absolute Gasteiger partial charge is 0.493 e. The number of alkyl halides is 1. The number of benzene rings is 1. The van der Waals surface area contributed by atoms with Crippen LogP contribution in [-0.4, -0.2) is 34.9 Å². The molecule has 0 radical (unpaired) electrons. The number of unbranched alkanes of at least 4 members (excludes halogenated alkanes) is 1. The maximum Gasteiger partial charge on any atom is 0.122 e. The number of halogens is 1. The van der Waals surface area contributed by atoms with E-state index in [0.29, 0.717) is 19.4 Å². The SMILES string of the molecule is CCC/C=C\C[C@@H]1[C@@H](COc2ccccc2CCO)[C@H](O)C[C@H]1Cl. The van der Waals surface area contributed by atoms with Gasteiger partial charge in [0.2, 0.25) is 0 Å². The molecule has 0 aliphatic heterocycles. The Hall–Kier alpha value is -1.03. The normalized spacial score (nSPS) is 27.0. The quantitative estimate of drug-likeness (QED) is 0.522. The molecule has 1 fully saturated rings. The van der Waals surface area contributed by atoms with Crippen LogP contribution in [0.3, 0.4) is 0 Å². The lowest BCUT2D eigenvalue weighted by Gasteiger charge is -2.23. The fourth-order valence-corrected chi connectivity index (χ4v) is 3.86. The molecule has 4 heteroatoms. The fraction of sp³-hybridized carbons (Fsp3) is 0.600. The smallest absolute Gasteiger partial charge is 0.122 e. The highest BCUT2D eigenvalue weighted by Gasteiger charge is 2.41. The van der Waals surface area contributed by atoms with Crippen molar-refractivity contribution in [3.05, 3.63) is 42.0 Å². The van der Waals surface area contributed by atoms with Gasteiger partial charge in [-0.15, -0.1) is 11.6 Å². The molecule has 1 aliphatic rings. The third-order valence-corrected chi connectivity index (χ3v) is 5.29. The van der Waals surface area contributed by atoms with Gasteiger partial charge in [-0.1, -0.05) is 43.7 Å². The van der Waals surface area contributed by atoms with Gasteiger partial charge < -0.3 is 14.9 Å². The summed E-state index contributed by atoms with van der Waals surface area (Å²) in [5, 5.41) is 19.5. The monoisotopic (exact) mass is 352 g/mol. The summed E-state index contributed by atoms with van der Waals surface area (Å²) in [7, 11) is 0. The molecule has 134 valence electrons. The Morgan fingerprint density at radius 1 is 1.25 bits per heavy atom. The Kier molecular flexibility index (Phi) is 8.10. The molecule has 1 aromatic carbocycles. The number of hydrogen-bond acceptors (Lipinski definition) is 3. The summed E-state index contributed by atoms with van der Waals surface area (Å²) in [6.45, 7) is 2.72. The van der Waals surface area contributed by atoms with Crippen molar-refractivity contribution in [1.29, 1.82) is 0 Å². The zero-order chi connectivity index (χ0) is 17.4. The van der Waals surface area contributed by atoms with Crippen LogP contribution in [-0.2, 0) is 6.42 Å². The topological polar surface area (TPSA) is 49.7 Å². The summed E-state index contributed by atoms with van der Waals surface area (Å²) in [5.41, 5.74) is 0.995. The first-order chi connectivity index (χ1) is 11.7. The Balaban J connectivity index is 1.98. The van der Waals surface area contributed by atoms with Gasteiger partial charge in [-0.05, 0) is 43.2 Å². The van der Waals surface area contributed by atoms with Crippen LogP contribution in [0.15, 0.2) is 36.4 Å². The summed E-state index contributed by atoms with van der Waals surface area (Å²) in [6, 6.07) is 7.75. The zero-order valence-corrected chi connectivity index (χ0v) is 15.2. The number of hydrogen-bond donors (Lipinski definition) is 2. The molecule has 1 aromatic rings. The number of aliphatic hydroxyl groups excluding tert-OH is 2. The van der Waals surface area contributed by atoms with Crippen molar-refractivity contribution in [1.82, 2.24) is 0 Å². The maximum absolute atomic E-state index is 10.4. The Bertz CT molecular complexity index is 517. The molecule has 3 nitrogen and oxygen atoms in total. The van der Waals surface area contributed by atoms with Crippen molar-refractivity contribution in [3.63, 3.8) is 0 Å². The average molecular weight is 353 g/mol. The van der Waals surface area contributed by atoms with E-state index in [2.05, 4.69) is 19.1 Å². The third kappa shape index (κ3) is 5.23. The van der Waals surface area contributed by atoms with Crippen molar-refractivity contribution < 1.29 is 14.9 Å². The summed E-state index contributed by atoms with van der Waals surface area (Å²) < 4.78 is 6.00. The van der Waals surface area contributed by atoms with Crippen LogP contribution in [0.2, 0.25) is 0 Å². The molecular formula is C20H29ClO3. The summed E-state index contributed by atoms with van der Waals surface area (Å²) in [5.74, 6) is 1.07. The summed E-state index contributed by atoms with van der Waals surface area (Å²) in [6.07, 6.45) is 8.28. The highest BCUT2D eigenvalue weighted by molar-refractivity contribution is 6.21. The van der Waals surface area contributed by atoms with E-state index >= 15 is 0 Å². The van der Waals surface area contributed by atoms with E-state index in [1.54, 1.807) is 0 Å². The minimum atomic E-state index is -0.415. The zero-order valence-electron chi connectivity index (χ0n) is 14.4. The van der Waals surface area contributed by atoms with Crippen LogP contribution in [0, 0.1) is 11.8 Å². The number of aliphatic hydroxyl groups is 2.